The molecule has 7 nitrogen and oxygen atoms in total. The van der Waals surface area contributed by atoms with E-state index in [9.17, 15) is 14.0 Å². The minimum Gasteiger partial charge on any atom is -0.494 e. The maximum atomic E-state index is 13.1. The standard InChI is InChI=1S/C20H25FN4O3/c1-13(26)23-17-10-9-16(11-19(17)28-4)24-20(27)22-12-18(25(2)3)14-5-7-15(21)8-6-14/h5-11,18H,12H2,1-4H3,(H,23,26)(H2,22,24,27). The number of carbonyl (C=O) groups is 2. The maximum Gasteiger partial charge on any atom is 0.319 e. The number of benzene rings is 2. The van der Waals surface area contributed by atoms with Gasteiger partial charge in [0.15, 0.2) is 0 Å². The molecule has 1 atom stereocenters. The molecule has 0 saturated heterocycles. The van der Waals surface area contributed by atoms with Crippen molar-refractivity contribution in [1.82, 2.24) is 10.2 Å². The van der Waals surface area contributed by atoms with Crippen LogP contribution in [0.5, 0.6) is 5.75 Å². The predicted molar refractivity (Wildman–Crippen MR) is 107 cm³/mol. The third-order valence-electron chi connectivity index (χ3n) is 4.10. The number of nitrogens with one attached hydrogen (secondary N) is 3. The van der Waals surface area contributed by atoms with Gasteiger partial charge in [0.25, 0.3) is 0 Å². The fourth-order valence-electron chi connectivity index (χ4n) is 2.71. The van der Waals surface area contributed by atoms with E-state index in [2.05, 4.69) is 16.0 Å². The first-order chi connectivity index (χ1) is 13.3. The number of anilines is 2. The average molecular weight is 388 g/mol. The van der Waals surface area contributed by atoms with Crippen LogP contribution in [0.25, 0.3) is 0 Å². The normalized spacial score (nSPS) is 11.6. The Morgan fingerprint density at radius 3 is 2.36 bits per heavy atom. The summed E-state index contributed by atoms with van der Waals surface area (Å²) in [6.07, 6.45) is 0. The molecule has 0 heterocycles. The lowest BCUT2D eigenvalue weighted by atomic mass is 10.1. The molecular formula is C20H25FN4O3. The number of carbonyl (C=O) groups excluding carboxylic acids is 2. The highest BCUT2D eigenvalue weighted by Gasteiger charge is 2.16. The summed E-state index contributed by atoms with van der Waals surface area (Å²) in [5, 5.41) is 8.20. The zero-order valence-electron chi connectivity index (χ0n) is 16.4. The number of hydrogen-bond acceptors (Lipinski definition) is 4. The van der Waals surface area contributed by atoms with Crippen molar-refractivity contribution in [3.05, 3.63) is 53.8 Å². The van der Waals surface area contributed by atoms with E-state index in [1.54, 1.807) is 30.3 Å². The van der Waals surface area contributed by atoms with Crippen LogP contribution in [0, 0.1) is 5.82 Å². The van der Waals surface area contributed by atoms with Gasteiger partial charge >= 0.3 is 6.03 Å². The van der Waals surface area contributed by atoms with Gasteiger partial charge in [0.05, 0.1) is 18.8 Å². The Kier molecular flexibility index (Phi) is 7.34. The lowest BCUT2D eigenvalue weighted by molar-refractivity contribution is -0.114. The molecule has 0 aromatic heterocycles. The smallest absolute Gasteiger partial charge is 0.319 e. The number of methoxy groups -OCH3 is 1. The number of hydrogen-bond donors (Lipinski definition) is 3. The molecule has 3 N–H and O–H groups in total. The molecule has 28 heavy (non-hydrogen) atoms. The summed E-state index contributed by atoms with van der Waals surface area (Å²) in [5.41, 5.74) is 1.93. The molecule has 0 fully saturated rings. The van der Waals surface area contributed by atoms with E-state index in [4.69, 9.17) is 4.74 Å². The molecule has 0 bridgehead atoms. The van der Waals surface area contributed by atoms with Crippen molar-refractivity contribution in [3.63, 3.8) is 0 Å². The number of likely N-dealkylation sites (N-methyl/N-ethyl adjacent to an activating group) is 1. The molecule has 0 aliphatic carbocycles. The fraction of sp³-hybridized carbons (Fsp3) is 0.300. The average Bonchev–Trinajstić information content (AvgIpc) is 2.64. The van der Waals surface area contributed by atoms with Gasteiger partial charge in [0.2, 0.25) is 5.91 Å². The molecule has 1 unspecified atom stereocenters. The van der Waals surface area contributed by atoms with Crippen LogP contribution in [0.15, 0.2) is 42.5 Å². The summed E-state index contributed by atoms with van der Waals surface area (Å²) < 4.78 is 18.4. The van der Waals surface area contributed by atoms with Crippen LogP contribution in [0.3, 0.4) is 0 Å². The third kappa shape index (κ3) is 5.95. The van der Waals surface area contributed by atoms with Crippen molar-refractivity contribution < 1.29 is 18.7 Å². The zero-order valence-corrected chi connectivity index (χ0v) is 16.4. The van der Waals surface area contributed by atoms with E-state index in [1.807, 2.05) is 19.0 Å². The Morgan fingerprint density at radius 2 is 1.79 bits per heavy atom. The van der Waals surface area contributed by atoms with E-state index < -0.39 is 0 Å². The van der Waals surface area contributed by atoms with Crippen molar-refractivity contribution in [1.29, 1.82) is 0 Å². The first-order valence-electron chi connectivity index (χ1n) is 8.72. The van der Waals surface area contributed by atoms with Gasteiger partial charge < -0.3 is 25.6 Å². The molecule has 8 heteroatoms. The minimum atomic E-state index is -0.386. The van der Waals surface area contributed by atoms with Crippen LogP contribution in [0.1, 0.15) is 18.5 Å². The first kappa shape index (κ1) is 21.2. The Hall–Kier alpha value is -3.13. The minimum absolute atomic E-state index is 0.108. The van der Waals surface area contributed by atoms with Crippen molar-refractivity contribution in [2.45, 2.75) is 13.0 Å². The molecule has 150 valence electrons. The molecule has 0 saturated carbocycles. The molecule has 2 rings (SSSR count). The quantitative estimate of drug-likeness (QED) is 0.680. The van der Waals surface area contributed by atoms with Gasteiger partial charge in [-0.1, -0.05) is 12.1 Å². The van der Waals surface area contributed by atoms with E-state index >= 15 is 0 Å². The van der Waals surface area contributed by atoms with Crippen LogP contribution in [0.4, 0.5) is 20.6 Å². The summed E-state index contributed by atoms with van der Waals surface area (Å²) in [7, 11) is 5.26. The summed E-state index contributed by atoms with van der Waals surface area (Å²) in [4.78, 5) is 25.4. The van der Waals surface area contributed by atoms with Crippen LogP contribution >= 0.6 is 0 Å². The van der Waals surface area contributed by atoms with E-state index in [-0.39, 0.29) is 23.8 Å². The molecule has 2 aromatic carbocycles. The van der Waals surface area contributed by atoms with Gasteiger partial charge in [-0.3, -0.25) is 4.79 Å². The number of urea groups is 1. The highest BCUT2D eigenvalue weighted by Crippen LogP contribution is 2.28. The van der Waals surface area contributed by atoms with Crippen molar-refractivity contribution in [2.24, 2.45) is 0 Å². The van der Waals surface area contributed by atoms with Gasteiger partial charge in [-0.15, -0.1) is 0 Å². The van der Waals surface area contributed by atoms with Gasteiger partial charge in [-0.05, 0) is 43.9 Å². The molecule has 3 amide bonds. The second-order valence-corrected chi connectivity index (χ2v) is 6.46. The SMILES string of the molecule is COc1cc(NC(=O)NCC(c2ccc(F)cc2)N(C)C)ccc1NC(C)=O. The summed E-state index contributed by atoms with van der Waals surface area (Å²) in [6.45, 7) is 1.74. The molecule has 2 aromatic rings. The molecule has 0 aliphatic rings. The number of halogens is 1. The summed E-state index contributed by atoms with van der Waals surface area (Å²) in [5.74, 6) is -0.0821. The second-order valence-electron chi connectivity index (χ2n) is 6.46. The molecule has 0 aliphatic heterocycles. The van der Waals surface area contributed by atoms with Crippen LogP contribution in [0.2, 0.25) is 0 Å². The fourth-order valence-corrected chi connectivity index (χ4v) is 2.71. The Labute approximate surface area is 163 Å². The van der Waals surface area contributed by atoms with E-state index in [0.717, 1.165) is 5.56 Å². The summed E-state index contributed by atoms with van der Waals surface area (Å²) >= 11 is 0. The van der Waals surface area contributed by atoms with Crippen LogP contribution in [-0.4, -0.2) is 44.6 Å². The van der Waals surface area contributed by atoms with Crippen LogP contribution < -0.4 is 20.7 Å². The van der Waals surface area contributed by atoms with Crippen LogP contribution in [-0.2, 0) is 4.79 Å². The second kappa shape index (κ2) is 9.70. The summed E-state index contributed by atoms with van der Waals surface area (Å²) in [6, 6.07) is 10.6. The van der Waals surface area contributed by atoms with E-state index in [0.29, 0.717) is 23.7 Å². The van der Waals surface area contributed by atoms with Gasteiger partial charge in [0.1, 0.15) is 11.6 Å². The lowest BCUT2D eigenvalue weighted by Gasteiger charge is -2.25. The zero-order chi connectivity index (χ0) is 20.7. The maximum absolute atomic E-state index is 13.1. The number of amides is 3. The largest absolute Gasteiger partial charge is 0.494 e. The predicted octanol–water partition coefficient (Wildman–Crippen LogP) is 3.22. The number of ether oxygens (including phenoxy) is 1. The Balaban J connectivity index is 2.00. The van der Waals surface area contributed by atoms with E-state index in [1.165, 1.54) is 26.2 Å². The van der Waals surface area contributed by atoms with Gasteiger partial charge in [0, 0.05) is 25.2 Å². The lowest BCUT2D eigenvalue weighted by Crippen LogP contribution is -2.36. The molecule has 0 radical (unpaired) electrons. The first-order valence-corrected chi connectivity index (χ1v) is 8.72. The monoisotopic (exact) mass is 388 g/mol. The Morgan fingerprint density at radius 1 is 1.11 bits per heavy atom. The third-order valence-corrected chi connectivity index (χ3v) is 4.10. The van der Waals surface area contributed by atoms with Gasteiger partial charge in [-0.25, -0.2) is 9.18 Å². The van der Waals surface area contributed by atoms with Crippen molar-refractivity contribution >= 4 is 23.3 Å². The topological polar surface area (TPSA) is 82.7 Å². The molecule has 0 spiro atoms. The molecular weight excluding hydrogens is 363 g/mol. The van der Waals surface area contributed by atoms with Gasteiger partial charge in [-0.2, -0.15) is 0 Å². The number of nitrogens with zero attached hydrogens (tertiary/aromatic N) is 1. The van der Waals surface area contributed by atoms with Crippen molar-refractivity contribution in [3.8, 4) is 5.75 Å². The highest BCUT2D eigenvalue weighted by atomic mass is 19.1. The highest BCUT2D eigenvalue weighted by molar-refractivity contribution is 5.93. The Bertz CT molecular complexity index is 825. The number of rotatable bonds is 7. The van der Waals surface area contributed by atoms with Crippen molar-refractivity contribution in [2.75, 3.05) is 38.4 Å².